The molecule has 0 saturated heterocycles. The Bertz CT molecular complexity index is 2080. The lowest BCUT2D eigenvalue weighted by Crippen LogP contribution is -2.25. The molecule has 0 spiro atoms. The summed E-state index contributed by atoms with van der Waals surface area (Å²) in [4.78, 5) is 17.5. The third kappa shape index (κ3) is 5.41. The molecular formula is C32H28F3N3O6S. The monoisotopic (exact) mass is 639 g/mol. The number of hydrogen-bond donors (Lipinski definition) is 1. The highest BCUT2D eigenvalue weighted by atomic mass is 32.2. The van der Waals surface area contributed by atoms with Crippen molar-refractivity contribution in [1.82, 2.24) is 10.3 Å². The molecule has 2 aromatic carbocycles. The van der Waals surface area contributed by atoms with Gasteiger partial charge in [0.15, 0.2) is 5.83 Å². The van der Waals surface area contributed by atoms with Crippen LogP contribution in [0.5, 0.6) is 5.75 Å². The molecule has 6 rings (SSSR count). The molecule has 4 aromatic rings. The zero-order valence-corrected chi connectivity index (χ0v) is 25.5. The van der Waals surface area contributed by atoms with Gasteiger partial charge in [0.2, 0.25) is 15.9 Å². The molecule has 1 unspecified atom stereocenters. The van der Waals surface area contributed by atoms with Crippen LogP contribution in [-0.4, -0.2) is 52.9 Å². The maximum Gasteiger partial charge on any atom is 0.255 e. The lowest BCUT2D eigenvalue weighted by atomic mass is 9.95. The number of amides is 1. The van der Waals surface area contributed by atoms with Crippen molar-refractivity contribution in [3.8, 4) is 28.3 Å². The number of hydrogen-bond acceptors (Lipinski definition) is 7. The van der Waals surface area contributed by atoms with Crippen molar-refractivity contribution in [2.45, 2.75) is 25.4 Å². The maximum absolute atomic E-state index is 14.5. The average molecular weight is 640 g/mol. The molecule has 1 atom stereocenters. The van der Waals surface area contributed by atoms with Crippen molar-refractivity contribution in [3.05, 3.63) is 77.2 Å². The number of methoxy groups -OCH3 is 1. The van der Waals surface area contributed by atoms with Crippen LogP contribution in [0.25, 0.3) is 45.0 Å². The van der Waals surface area contributed by atoms with Crippen molar-refractivity contribution >= 4 is 44.0 Å². The predicted molar refractivity (Wildman–Crippen MR) is 164 cm³/mol. The van der Waals surface area contributed by atoms with Crippen LogP contribution in [0.1, 0.15) is 40.4 Å². The van der Waals surface area contributed by atoms with Gasteiger partial charge < -0.3 is 18.9 Å². The molecule has 2 aliphatic carbocycles. The van der Waals surface area contributed by atoms with Crippen molar-refractivity contribution in [2.75, 3.05) is 31.8 Å². The summed E-state index contributed by atoms with van der Waals surface area (Å²) in [6.07, 6.45) is 3.48. The number of fused-ring (bicyclic) bond motifs is 2. The van der Waals surface area contributed by atoms with E-state index in [0.717, 1.165) is 16.6 Å². The number of sulfonamides is 1. The van der Waals surface area contributed by atoms with E-state index < -0.39 is 27.9 Å². The minimum atomic E-state index is -3.78. The summed E-state index contributed by atoms with van der Waals surface area (Å²) in [7, 11) is 0.505. The molecule has 2 aliphatic rings. The number of aromatic nitrogens is 1. The smallest absolute Gasteiger partial charge is 0.255 e. The summed E-state index contributed by atoms with van der Waals surface area (Å²) < 4.78 is 86.4. The zero-order chi connectivity index (χ0) is 32.2. The topological polar surface area (TPSA) is 115 Å². The Kier molecular flexibility index (Phi) is 7.59. The summed E-state index contributed by atoms with van der Waals surface area (Å²) in [5.41, 5.74) is 2.37. The van der Waals surface area contributed by atoms with Gasteiger partial charge in [-0.25, -0.2) is 26.6 Å². The molecule has 0 aliphatic heterocycles. The number of halogens is 3. The van der Waals surface area contributed by atoms with Crippen LogP contribution < -0.4 is 14.4 Å². The van der Waals surface area contributed by atoms with E-state index in [1.54, 1.807) is 30.3 Å². The van der Waals surface area contributed by atoms with Crippen molar-refractivity contribution in [1.29, 1.82) is 0 Å². The number of carbonyl (C=O) groups excluding carboxylic acids is 1. The van der Waals surface area contributed by atoms with Gasteiger partial charge in [-0.05, 0) is 47.9 Å². The summed E-state index contributed by atoms with van der Waals surface area (Å²) >= 11 is 0. The fourth-order valence-corrected chi connectivity index (χ4v) is 6.00. The Hall–Kier alpha value is -4.78. The molecule has 0 saturated carbocycles. The molecule has 234 valence electrons. The molecule has 0 bridgehead atoms. The third-order valence-electron chi connectivity index (χ3n) is 7.86. The number of alkyl halides is 1. The van der Waals surface area contributed by atoms with E-state index >= 15 is 0 Å². The standard InChI is InChI=1S/C32H28F3N3O6S/c1-36-31(39)28-21-14-20(24(38(2)45(4,40)41)15-26(21)43-30(28)16-5-8-18(33)9-6-16)17-7-10-25(42-3)22(11-17)32-37-29-23(35)12-19(34)13-27(29)44-32/h5,7-8,10-12,14-15,19H,6,9,13H2,1-4H3,(H,36,39). The number of allylic oxidation sites excluding steroid dienone is 5. The minimum Gasteiger partial charge on any atom is -0.496 e. The first-order valence-electron chi connectivity index (χ1n) is 13.9. The predicted octanol–water partition coefficient (Wildman–Crippen LogP) is 6.75. The van der Waals surface area contributed by atoms with Gasteiger partial charge >= 0.3 is 0 Å². The normalized spacial score (nSPS) is 16.5. The second-order valence-corrected chi connectivity index (χ2v) is 12.7. The van der Waals surface area contributed by atoms with Gasteiger partial charge in [0.25, 0.3) is 5.91 Å². The van der Waals surface area contributed by atoms with Gasteiger partial charge in [0.05, 0.1) is 30.2 Å². The van der Waals surface area contributed by atoms with Crippen LogP contribution in [0.2, 0.25) is 0 Å². The Morgan fingerprint density at radius 2 is 1.89 bits per heavy atom. The minimum absolute atomic E-state index is 0.0170. The number of ether oxygens (including phenoxy) is 1. The average Bonchev–Trinajstić information content (AvgIpc) is 3.61. The lowest BCUT2D eigenvalue weighted by molar-refractivity contribution is 0.0963. The number of oxazole rings is 1. The summed E-state index contributed by atoms with van der Waals surface area (Å²) in [6, 6.07) is 8.09. The summed E-state index contributed by atoms with van der Waals surface area (Å²) in [5.74, 6) is -0.967. The zero-order valence-electron chi connectivity index (χ0n) is 24.7. The van der Waals surface area contributed by atoms with Gasteiger partial charge in [-0.15, -0.1) is 0 Å². The fraction of sp³-hybridized carbons (Fsp3) is 0.250. The number of benzene rings is 2. The van der Waals surface area contributed by atoms with Crippen molar-refractivity contribution in [3.63, 3.8) is 0 Å². The summed E-state index contributed by atoms with van der Waals surface area (Å²) in [5, 5.41) is 3.02. The molecule has 2 aromatic heterocycles. The molecule has 13 heteroatoms. The quantitative estimate of drug-likeness (QED) is 0.238. The Morgan fingerprint density at radius 1 is 1.11 bits per heavy atom. The number of nitrogens with one attached hydrogen (secondary N) is 1. The van der Waals surface area contributed by atoms with Gasteiger partial charge in [0.1, 0.15) is 40.5 Å². The van der Waals surface area contributed by atoms with Crippen LogP contribution in [0.3, 0.4) is 0 Å². The molecule has 0 fully saturated rings. The molecule has 2 heterocycles. The number of rotatable bonds is 7. The fourth-order valence-electron chi connectivity index (χ4n) is 5.49. The maximum atomic E-state index is 14.5. The SMILES string of the molecule is CNC(=O)c1c(C2=CC=C(F)CC2)oc2cc(N(C)S(C)(=O)=O)c(-c3ccc(OC)c(-c4nc5c(o4)CC(F)C=C5F)c3)cc12. The molecule has 45 heavy (non-hydrogen) atoms. The van der Waals surface area contributed by atoms with E-state index in [-0.39, 0.29) is 58.6 Å². The second kappa shape index (κ2) is 11.3. The largest absolute Gasteiger partial charge is 0.496 e. The third-order valence-corrected chi connectivity index (χ3v) is 9.05. The van der Waals surface area contributed by atoms with E-state index in [2.05, 4.69) is 10.3 Å². The van der Waals surface area contributed by atoms with E-state index in [1.165, 1.54) is 33.3 Å². The number of carbonyl (C=O) groups is 1. The summed E-state index contributed by atoms with van der Waals surface area (Å²) in [6.45, 7) is 0. The van der Waals surface area contributed by atoms with Gasteiger partial charge in [0, 0.05) is 44.0 Å². The van der Waals surface area contributed by atoms with Gasteiger partial charge in [-0.1, -0.05) is 12.1 Å². The molecule has 0 radical (unpaired) electrons. The first-order valence-corrected chi connectivity index (χ1v) is 15.8. The van der Waals surface area contributed by atoms with E-state index in [4.69, 9.17) is 13.6 Å². The van der Waals surface area contributed by atoms with Crippen molar-refractivity contribution < 1.29 is 40.0 Å². The van der Waals surface area contributed by atoms with E-state index in [1.807, 2.05) is 0 Å². The van der Waals surface area contributed by atoms with E-state index in [9.17, 15) is 26.4 Å². The first kappa shape index (κ1) is 30.3. The molecule has 1 N–H and O–H groups in total. The van der Waals surface area contributed by atoms with E-state index in [0.29, 0.717) is 39.8 Å². The number of furan rings is 1. The first-order chi connectivity index (χ1) is 21.4. The Balaban J connectivity index is 1.60. The number of anilines is 1. The van der Waals surface area contributed by atoms with Gasteiger partial charge in [-0.3, -0.25) is 9.10 Å². The molecular weight excluding hydrogens is 611 g/mol. The highest BCUT2D eigenvalue weighted by Gasteiger charge is 2.29. The molecule has 1 amide bonds. The Labute approximate surface area is 256 Å². The van der Waals surface area contributed by atoms with Crippen molar-refractivity contribution in [2.24, 2.45) is 0 Å². The van der Waals surface area contributed by atoms with Crippen LogP contribution in [0.4, 0.5) is 18.9 Å². The highest BCUT2D eigenvalue weighted by Crippen LogP contribution is 2.44. The van der Waals surface area contributed by atoms with Crippen LogP contribution in [0, 0.1) is 0 Å². The highest BCUT2D eigenvalue weighted by molar-refractivity contribution is 7.92. The van der Waals surface area contributed by atoms with Crippen LogP contribution >= 0.6 is 0 Å². The number of nitrogens with zero attached hydrogens (tertiary/aromatic N) is 2. The molecule has 9 nitrogen and oxygen atoms in total. The van der Waals surface area contributed by atoms with Crippen LogP contribution in [-0.2, 0) is 16.4 Å². The Morgan fingerprint density at radius 3 is 2.56 bits per heavy atom. The van der Waals surface area contributed by atoms with Crippen LogP contribution in [0.15, 0.2) is 63.2 Å². The van der Waals surface area contributed by atoms with Gasteiger partial charge in [-0.2, -0.15) is 0 Å². The lowest BCUT2D eigenvalue weighted by Gasteiger charge is -2.21. The second-order valence-electron chi connectivity index (χ2n) is 10.7.